The van der Waals surface area contributed by atoms with Crippen LogP contribution in [0.1, 0.15) is 29.2 Å². The van der Waals surface area contributed by atoms with Crippen molar-refractivity contribution in [2.75, 3.05) is 7.11 Å². The van der Waals surface area contributed by atoms with E-state index in [-0.39, 0.29) is 6.42 Å². The molecule has 1 aromatic carbocycles. The van der Waals surface area contributed by atoms with Crippen LogP contribution in [0.25, 0.3) is 10.4 Å². The van der Waals surface area contributed by atoms with Crippen LogP contribution in [0, 0.1) is 13.8 Å². The summed E-state index contributed by atoms with van der Waals surface area (Å²) in [6.07, 6.45) is -0.224. The lowest BCUT2D eigenvalue weighted by atomic mass is 9.94. The molecule has 1 aromatic rings. The van der Waals surface area contributed by atoms with Gasteiger partial charge < -0.3 is 9.84 Å². The Kier molecular flexibility index (Phi) is 4.57. The van der Waals surface area contributed by atoms with Gasteiger partial charge in [-0.15, -0.1) is 0 Å². The number of nitrogens with zero attached hydrogens (tertiary/aromatic N) is 3. The summed E-state index contributed by atoms with van der Waals surface area (Å²) in [6.45, 7) is 3.68. The Hall–Kier alpha value is -2.20. The fourth-order valence-electron chi connectivity index (χ4n) is 2.01. The van der Waals surface area contributed by atoms with Crippen LogP contribution in [0.2, 0.25) is 0 Å². The Balaban J connectivity index is 3.27. The largest absolute Gasteiger partial charge is 0.497 e. The molecule has 1 N–H and O–H groups in total. The van der Waals surface area contributed by atoms with Crippen LogP contribution in [0.5, 0.6) is 5.75 Å². The zero-order chi connectivity index (χ0) is 13.7. The molecule has 0 spiro atoms. The summed E-state index contributed by atoms with van der Waals surface area (Å²) in [6, 6.07) is 2.90. The topological polar surface area (TPSA) is 95.3 Å². The third kappa shape index (κ3) is 3.15. The number of carboxylic acid groups (broad SMARTS) is 1. The van der Waals surface area contributed by atoms with Gasteiger partial charge in [0, 0.05) is 4.91 Å². The molecule has 18 heavy (non-hydrogen) atoms. The second-order valence-corrected chi connectivity index (χ2v) is 3.99. The lowest BCUT2D eigenvalue weighted by Gasteiger charge is -2.16. The smallest absolute Gasteiger partial charge is 0.304 e. The molecule has 0 aliphatic carbocycles. The van der Waals surface area contributed by atoms with Crippen molar-refractivity contribution in [1.82, 2.24) is 0 Å². The van der Waals surface area contributed by atoms with Crippen LogP contribution >= 0.6 is 0 Å². The van der Waals surface area contributed by atoms with Gasteiger partial charge in [-0.3, -0.25) is 4.79 Å². The van der Waals surface area contributed by atoms with E-state index in [0.29, 0.717) is 5.75 Å². The number of aryl methyl sites for hydroxylation is 2. The molecule has 6 heteroatoms. The molecule has 0 aliphatic rings. The molecule has 0 amide bonds. The third-order valence-electron chi connectivity index (χ3n) is 2.70. The van der Waals surface area contributed by atoms with E-state index < -0.39 is 12.0 Å². The predicted octanol–water partition coefficient (Wildman–Crippen LogP) is 3.14. The molecule has 1 unspecified atom stereocenters. The molecular formula is C12H15N3O3. The molecule has 0 heterocycles. The number of carboxylic acids is 1. The fraction of sp³-hybridized carbons (Fsp3) is 0.417. The highest BCUT2D eigenvalue weighted by Gasteiger charge is 2.19. The van der Waals surface area contributed by atoms with Crippen LogP contribution in [0.15, 0.2) is 17.2 Å². The van der Waals surface area contributed by atoms with E-state index in [1.165, 1.54) is 0 Å². The standard InChI is InChI=1S/C12H15N3O3/c1-7-4-9(18-3)5-8(2)12(7)10(14-15-13)6-11(16)17/h4-5,10H,6H2,1-3H3,(H,16,17). The van der Waals surface area contributed by atoms with Crippen molar-refractivity contribution in [3.05, 3.63) is 39.3 Å². The van der Waals surface area contributed by atoms with Gasteiger partial charge in [0.25, 0.3) is 0 Å². The summed E-state index contributed by atoms with van der Waals surface area (Å²) in [5, 5.41) is 12.4. The Bertz CT molecular complexity index is 484. The highest BCUT2D eigenvalue weighted by molar-refractivity contribution is 5.68. The highest BCUT2D eigenvalue weighted by atomic mass is 16.5. The second-order valence-electron chi connectivity index (χ2n) is 3.99. The minimum Gasteiger partial charge on any atom is -0.497 e. The van der Waals surface area contributed by atoms with E-state index in [2.05, 4.69) is 10.0 Å². The number of azide groups is 1. The molecule has 0 radical (unpaired) electrons. The van der Waals surface area contributed by atoms with E-state index in [1.807, 2.05) is 13.8 Å². The lowest BCUT2D eigenvalue weighted by molar-refractivity contribution is -0.137. The Morgan fingerprint density at radius 1 is 1.50 bits per heavy atom. The zero-order valence-corrected chi connectivity index (χ0v) is 10.5. The Labute approximate surface area is 105 Å². The molecule has 0 fully saturated rings. The van der Waals surface area contributed by atoms with Gasteiger partial charge in [-0.2, -0.15) is 0 Å². The molecule has 0 saturated heterocycles. The molecule has 0 aromatic heterocycles. The number of aliphatic carboxylic acids is 1. The number of hydrogen-bond donors (Lipinski definition) is 1. The summed E-state index contributed by atoms with van der Waals surface area (Å²) in [7, 11) is 1.57. The van der Waals surface area contributed by atoms with E-state index in [0.717, 1.165) is 16.7 Å². The number of ether oxygens (including phenoxy) is 1. The summed E-state index contributed by atoms with van der Waals surface area (Å²) >= 11 is 0. The monoisotopic (exact) mass is 249 g/mol. The average molecular weight is 249 g/mol. The van der Waals surface area contributed by atoms with Crippen LogP contribution in [0.4, 0.5) is 0 Å². The molecule has 0 saturated carbocycles. The van der Waals surface area contributed by atoms with Crippen molar-refractivity contribution >= 4 is 5.97 Å². The van der Waals surface area contributed by atoms with Gasteiger partial charge in [0.1, 0.15) is 5.75 Å². The minimum atomic E-state index is -0.998. The molecule has 6 nitrogen and oxygen atoms in total. The van der Waals surface area contributed by atoms with Crippen LogP contribution in [0.3, 0.4) is 0 Å². The molecular weight excluding hydrogens is 234 g/mol. The van der Waals surface area contributed by atoms with Crippen molar-refractivity contribution in [1.29, 1.82) is 0 Å². The third-order valence-corrected chi connectivity index (χ3v) is 2.70. The number of benzene rings is 1. The zero-order valence-electron chi connectivity index (χ0n) is 10.5. The SMILES string of the molecule is COc1cc(C)c(C(CC(=O)O)N=[N+]=[N-])c(C)c1. The van der Waals surface area contributed by atoms with E-state index in [1.54, 1.807) is 19.2 Å². The van der Waals surface area contributed by atoms with Gasteiger partial charge in [-0.1, -0.05) is 5.11 Å². The number of carbonyl (C=O) groups is 1. The molecule has 0 bridgehead atoms. The van der Waals surface area contributed by atoms with Crippen LogP contribution < -0.4 is 4.74 Å². The van der Waals surface area contributed by atoms with Crippen molar-refractivity contribution in [2.45, 2.75) is 26.3 Å². The fourth-order valence-corrected chi connectivity index (χ4v) is 2.01. The molecule has 96 valence electrons. The minimum absolute atomic E-state index is 0.224. The first-order valence-corrected chi connectivity index (χ1v) is 5.40. The summed E-state index contributed by atoms with van der Waals surface area (Å²) in [4.78, 5) is 13.5. The van der Waals surface area contributed by atoms with Gasteiger partial charge in [0.15, 0.2) is 0 Å². The molecule has 1 rings (SSSR count). The number of methoxy groups -OCH3 is 1. The van der Waals surface area contributed by atoms with Gasteiger partial charge in [0.2, 0.25) is 0 Å². The summed E-state index contributed by atoms with van der Waals surface area (Å²) in [5.74, 6) is -0.300. The summed E-state index contributed by atoms with van der Waals surface area (Å²) in [5.41, 5.74) is 11.0. The number of rotatable bonds is 5. The van der Waals surface area contributed by atoms with E-state index in [9.17, 15) is 4.79 Å². The van der Waals surface area contributed by atoms with Crippen molar-refractivity contribution < 1.29 is 14.6 Å². The highest BCUT2D eigenvalue weighted by Crippen LogP contribution is 2.31. The lowest BCUT2D eigenvalue weighted by Crippen LogP contribution is -2.07. The van der Waals surface area contributed by atoms with Crippen LogP contribution in [-0.4, -0.2) is 18.2 Å². The van der Waals surface area contributed by atoms with Crippen molar-refractivity contribution in [3.8, 4) is 5.75 Å². The Morgan fingerprint density at radius 2 is 2.06 bits per heavy atom. The first-order valence-electron chi connectivity index (χ1n) is 5.40. The number of hydrogen-bond acceptors (Lipinski definition) is 3. The Morgan fingerprint density at radius 3 is 2.44 bits per heavy atom. The van der Waals surface area contributed by atoms with Gasteiger partial charge >= 0.3 is 5.97 Å². The van der Waals surface area contributed by atoms with E-state index >= 15 is 0 Å². The molecule has 1 atom stereocenters. The van der Waals surface area contributed by atoms with Crippen molar-refractivity contribution in [3.63, 3.8) is 0 Å². The predicted molar refractivity (Wildman–Crippen MR) is 66.6 cm³/mol. The maximum atomic E-state index is 10.8. The van der Waals surface area contributed by atoms with Gasteiger partial charge in [-0.25, -0.2) is 0 Å². The molecule has 0 aliphatic heterocycles. The quantitative estimate of drug-likeness (QED) is 0.493. The van der Waals surface area contributed by atoms with Gasteiger partial charge in [-0.05, 0) is 48.2 Å². The van der Waals surface area contributed by atoms with E-state index in [4.69, 9.17) is 15.4 Å². The summed E-state index contributed by atoms with van der Waals surface area (Å²) < 4.78 is 5.13. The van der Waals surface area contributed by atoms with Crippen LogP contribution in [-0.2, 0) is 4.79 Å². The maximum absolute atomic E-state index is 10.8. The maximum Gasteiger partial charge on any atom is 0.304 e. The first kappa shape index (κ1) is 13.9. The first-order chi connectivity index (χ1) is 8.49. The second kappa shape index (κ2) is 5.93. The van der Waals surface area contributed by atoms with Crippen molar-refractivity contribution in [2.24, 2.45) is 5.11 Å². The van der Waals surface area contributed by atoms with Gasteiger partial charge in [0.05, 0.1) is 19.6 Å². The average Bonchev–Trinajstić information content (AvgIpc) is 2.27. The normalized spacial score (nSPS) is 11.5.